The fourth-order valence-electron chi connectivity index (χ4n) is 4.37. The Balaban J connectivity index is 1.31. The molecule has 0 radical (unpaired) electrons. The van der Waals surface area contributed by atoms with Crippen molar-refractivity contribution in [1.82, 2.24) is 9.80 Å². The number of rotatable bonds is 6. The maximum Gasteiger partial charge on any atom is 0.119 e. The smallest absolute Gasteiger partial charge is 0.119 e. The number of hydrogen-bond donors (Lipinski definition) is 0. The average molecular weight is 359 g/mol. The molecule has 0 aromatic heterocycles. The zero-order chi connectivity index (χ0) is 18.7. The highest BCUT2D eigenvalue weighted by atomic mass is 16.5. The Kier molecular flexibility index (Phi) is 6.29. The minimum absolute atomic E-state index is 0.335. The number of ether oxygens (including phenoxy) is 1. The van der Waals surface area contributed by atoms with Crippen molar-refractivity contribution < 1.29 is 4.74 Å². The maximum atomic E-state index is 5.93. The Labute approximate surface area is 160 Å². The molecule has 146 valence electrons. The number of hydrogen-bond acceptors (Lipinski definition) is 3. The molecule has 2 fully saturated rings. The van der Waals surface area contributed by atoms with Crippen LogP contribution < -0.4 is 4.74 Å². The van der Waals surface area contributed by atoms with Gasteiger partial charge in [-0.3, -0.25) is 9.80 Å². The van der Waals surface area contributed by atoms with E-state index in [0.29, 0.717) is 11.5 Å². The third-order valence-electron chi connectivity index (χ3n) is 6.36. The van der Waals surface area contributed by atoms with Crippen molar-refractivity contribution >= 4 is 0 Å². The van der Waals surface area contributed by atoms with Crippen LogP contribution in [-0.2, 0) is 0 Å². The van der Waals surface area contributed by atoms with Gasteiger partial charge in [0.25, 0.3) is 0 Å². The van der Waals surface area contributed by atoms with E-state index in [-0.39, 0.29) is 0 Å². The first-order chi connectivity index (χ1) is 12.3. The maximum absolute atomic E-state index is 5.93. The van der Waals surface area contributed by atoms with E-state index in [9.17, 15) is 0 Å². The quantitative estimate of drug-likeness (QED) is 0.737. The highest BCUT2D eigenvalue weighted by Gasteiger charge is 2.36. The molecule has 2 saturated heterocycles. The van der Waals surface area contributed by atoms with Gasteiger partial charge in [-0.1, -0.05) is 26.0 Å². The SMILES string of the molecule is CC(C)c1ccc(OCCN2CC(C3CCN(C(C)(C)C)CC3)C2)cc1. The van der Waals surface area contributed by atoms with Gasteiger partial charge in [0.15, 0.2) is 0 Å². The minimum Gasteiger partial charge on any atom is -0.492 e. The summed E-state index contributed by atoms with van der Waals surface area (Å²) in [6.45, 7) is 18.4. The van der Waals surface area contributed by atoms with Crippen molar-refractivity contribution in [2.24, 2.45) is 11.8 Å². The standard InChI is InChI=1S/C23H38N2O/c1-18(2)19-6-8-22(9-7-19)26-15-14-24-16-21(17-24)20-10-12-25(13-11-20)23(3,4)5/h6-9,18,20-21H,10-17H2,1-5H3. The summed E-state index contributed by atoms with van der Waals surface area (Å²) in [4.78, 5) is 5.21. The van der Waals surface area contributed by atoms with Gasteiger partial charge in [-0.05, 0) is 82.2 Å². The van der Waals surface area contributed by atoms with Crippen molar-refractivity contribution in [2.45, 2.75) is 58.9 Å². The van der Waals surface area contributed by atoms with E-state index >= 15 is 0 Å². The summed E-state index contributed by atoms with van der Waals surface area (Å²) in [6.07, 6.45) is 2.77. The molecule has 3 nitrogen and oxygen atoms in total. The van der Waals surface area contributed by atoms with Crippen LogP contribution in [0.3, 0.4) is 0 Å². The van der Waals surface area contributed by atoms with Gasteiger partial charge < -0.3 is 4.74 Å². The van der Waals surface area contributed by atoms with Gasteiger partial charge in [0.1, 0.15) is 12.4 Å². The van der Waals surface area contributed by atoms with E-state index in [2.05, 4.69) is 68.7 Å². The van der Waals surface area contributed by atoms with Gasteiger partial charge in [-0.15, -0.1) is 0 Å². The van der Waals surface area contributed by atoms with Gasteiger partial charge in [-0.25, -0.2) is 0 Å². The van der Waals surface area contributed by atoms with Crippen LogP contribution in [0, 0.1) is 11.8 Å². The summed E-state index contributed by atoms with van der Waals surface area (Å²) in [5.74, 6) is 3.44. The van der Waals surface area contributed by atoms with Crippen molar-refractivity contribution in [1.29, 1.82) is 0 Å². The molecular weight excluding hydrogens is 320 g/mol. The van der Waals surface area contributed by atoms with Crippen molar-refractivity contribution in [3.05, 3.63) is 29.8 Å². The number of benzene rings is 1. The zero-order valence-electron chi connectivity index (χ0n) is 17.5. The molecule has 0 unspecified atom stereocenters. The number of likely N-dealkylation sites (tertiary alicyclic amines) is 2. The third-order valence-corrected chi connectivity index (χ3v) is 6.36. The largest absolute Gasteiger partial charge is 0.492 e. The molecule has 2 aliphatic heterocycles. The summed E-state index contributed by atoms with van der Waals surface area (Å²) < 4.78 is 5.93. The predicted molar refractivity (Wildman–Crippen MR) is 110 cm³/mol. The monoisotopic (exact) mass is 358 g/mol. The fourth-order valence-corrected chi connectivity index (χ4v) is 4.37. The Hall–Kier alpha value is -1.06. The lowest BCUT2D eigenvalue weighted by Crippen LogP contribution is -2.54. The summed E-state index contributed by atoms with van der Waals surface area (Å²) in [7, 11) is 0. The van der Waals surface area contributed by atoms with Crippen LogP contribution >= 0.6 is 0 Å². The highest BCUT2D eigenvalue weighted by Crippen LogP contribution is 2.33. The molecule has 2 heterocycles. The van der Waals surface area contributed by atoms with E-state index in [1.807, 2.05) is 0 Å². The summed E-state index contributed by atoms with van der Waals surface area (Å²) in [5, 5.41) is 0. The first-order valence-electron chi connectivity index (χ1n) is 10.5. The normalized spacial score (nSPS) is 21.2. The molecule has 26 heavy (non-hydrogen) atoms. The molecule has 1 aromatic rings. The van der Waals surface area contributed by atoms with Crippen LogP contribution in [0.2, 0.25) is 0 Å². The van der Waals surface area contributed by atoms with Crippen molar-refractivity contribution in [3.63, 3.8) is 0 Å². The molecule has 0 amide bonds. The van der Waals surface area contributed by atoms with Gasteiger partial charge in [0.05, 0.1) is 0 Å². The first-order valence-corrected chi connectivity index (χ1v) is 10.5. The Morgan fingerprint density at radius 1 is 1.00 bits per heavy atom. The van der Waals surface area contributed by atoms with E-state index in [1.165, 1.54) is 44.6 Å². The molecule has 0 aliphatic carbocycles. The molecule has 1 aromatic carbocycles. The topological polar surface area (TPSA) is 15.7 Å². The van der Waals surface area contributed by atoms with Crippen molar-refractivity contribution in [2.75, 3.05) is 39.3 Å². The molecule has 0 N–H and O–H groups in total. The lowest BCUT2D eigenvalue weighted by atomic mass is 9.79. The van der Waals surface area contributed by atoms with E-state index in [4.69, 9.17) is 4.74 Å². The van der Waals surface area contributed by atoms with Crippen LogP contribution in [-0.4, -0.2) is 54.7 Å². The van der Waals surface area contributed by atoms with Gasteiger partial charge in [-0.2, -0.15) is 0 Å². The van der Waals surface area contributed by atoms with Crippen LogP contribution in [0.4, 0.5) is 0 Å². The lowest BCUT2D eigenvalue weighted by Gasteiger charge is -2.48. The van der Waals surface area contributed by atoms with Gasteiger partial charge >= 0.3 is 0 Å². The molecule has 0 atom stereocenters. The molecule has 0 saturated carbocycles. The van der Waals surface area contributed by atoms with E-state index < -0.39 is 0 Å². The van der Waals surface area contributed by atoms with Gasteiger partial charge in [0.2, 0.25) is 0 Å². The van der Waals surface area contributed by atoms with Crippen LogP contribution in [0.25, 0.3) is 0 Å². The predicted octanol–water partition coefficient (Wildman–Crippen LogP) is 4.63. The second-order valence-electron chi connectivity index (χ2n) is 9.59. The van der Waals surface area contributed by atoms with Crippen LogP contribution in [0.5, 0.6) is 5.75 Å². The minimum atomic E-state index is 0.335. The Morgan fingerprint density at radius 3 is 2.15 bits per heavy atom. The Bertz CT molecular complexity index is 547. The van der Waals surface area contributed by atoms with E-state index in [1.54, 1.807) is 0 Å². The first kappa shape index (κ1) is 19.7. The lowest BCUT2D eigenvalue weighted by molar-refractivity contribution is 0.00458. The third kappa shape index (κ3) is 5.01. The average Bonchev–Trinajstić information content (AvgIpc) is 2.56. The highest BCUT2D eigenvalue weighted by molar-refractivity contribution is 5.28. The number of nitrogens with zero attached hydrogens (tertiary/aromatic N) is 2. The molecule has 3 heteroatoms. The second kappa shape index (κ2) is 8.31. The van der Waals surface area contributed by atoms with Gasteiger partial charge in [0, 0.05) is 25.2 Å². The van der Waals surface area contributed by atoms with Crippen LogP contribution in [0.15, 0.2) is 24.3 Å². The molecular formula is C23H38N2O. The molecule has 0 bridgehead atoms. The zero-order valence-corrected chi connectivity index (χ0v) is 17.5. The second-order valence-corrected chi connectivity index (χ2v) is 9.59. The fraction of sp³-hybridized carbons (Fsp3) is 0.739. The summed E-state index contributed by atoms with van der Waals surface area (Å²) in [6, 6.07) is 8.59. The summed E-state index contributed by atoms with van der Waals surface area (Å²) in [5.41, 5.74) is 1.71. The van der Waals surface area contributed by atoms with Crippen LogP contribution in [0.1, 0.15) is 58.9 Å². The molecule has 3 rings (SSSR count). The molecule has 2 aliphatic rings. The Morgan fingerprint density at radius 2 is 1.62 bits per heavy atom. The van der Waals surface area contributed by atoms with E-state index in [0.717, 1.165) is 30.7 Å². The number of piperidine rings is 1. The molecule has 0 spiro atoms. The van der Waals surface area contributed by atoms with Crippen molar-refractivity contribution in [3.8, 4) is 5.75 Å². The summed E-state index contributed by atoms with van der Waals surface area (Å²) >= 11 is 0.